The second-order valence-electron chi connectivity index (χ2n) is 4.70. The van der Waals surface area contributed by atoms with Gasteiger partial charge >= 0.3 is 0 Å². The highest BCUT2D eigenvalue weighted by Gasteiger charge is 2.07. The molecule has 4 heteroatoms. The van der Waals surface area contributed by atoms with E-state index in [1.165, 1.54) is 11.1 Å². The van der Waals surface area contributed by atoms with Crippen molar-refractivity contribution >= 4 is 12.4 Å². The Balaban J connectivity index is 0.00000220. The van der Waals surface area contributed by atoms with Crippen molar-refractivity contribution in [1.82, 2.24) is 5.32 Å². The molecule has 2 rings (SSSR count). The molecule has 21 heavy (non-hydrogen) atoms. The minimum absolute atomic E-state index is 0. The third kappa shape index (κ3) is 4.66. The summed E-state index contributed by atoms with van der Waals surface area (Å²) in [6.07, 6.45) is 0. The van der Waals surface area contributed by atoms with Crippen molar-refractivity contribution in [3.63, 3.8) is 0 Å². The van der Waals surface area contributed by atoms with E-state index < -0.39 is 0 Å². The molecular formula is C17H22ClNO2. The molecule has 2 aromatic rings. The van der Waals surface area contributed by atoms with Gasteiger partial charge in [0.05, 0.1) is 14.2 Å². The van der Waals surface area contributed by atoms with Crippen LogP contribution in [0.1, 0.15) is 24.1 Å². The van der Waals surface area contributed by atoms with E-state index in [4.69, 9.17) is 9.47 Å². The molecule has 0 aromatic heterocycles. The minimum atomic E-state index is 0. The molecule has 0 fully saturated rings. The van der Waals surface area contributed by atoms with Crippen molar-refractivity contribution in [3.8, 4) is 11.5 Å². The SMILES string of the molecule is COc1ccc(CN[C@@H](C)c2ccccc2)cc1OC.Cl. The fourth-order valence-corrected chi connectivity index (χ4v) is 2.12. The molecule has 1 atom stereocenters. The number of benzene rings is 2. The van der Waals surface area contributed by atoms with Crippen molar-refractivity contribution < 1.29 is 9.47 Å². The summed E-state index contributed by atoms with van der Waals surface area (Å²) >= 11 is 0. The predicted octanol–water partition coefficient (Wildman–Crippen LogP) is 3.98. The van der Waals surface area contributed by atoms with E-state index in [1.54, 1.807) is 14.2 Å². The molecule has 0 aliphatic carbocycles. The Morgan fingerprint density at radius 1 is 0.952 bits per heavy atom. The van der Waals surface area contributed by atoms with E-state index >= 15 is 0 Å². The third-order valence-corrected chi connectivity index (χ3v) is 3.36. The summed E-state index contributed by atoms with van der Waals surface area (Å²) in [5.41, 5.74) is 2.46. The van der Waals surface area contributed by atoms with Crippen molar-refractivity contribution in [2.24, 2.45) is 0 Å². The number of rotatable bonds is 6. The van der Waals surface area contributed by atoms with Gasteiger partial charge in [0.2, 0.25) is 0 Å². The molecule has 114 valence electrons. The predicted molar refractivity (Wildman–Crippen MR) is 88.5 cm³/mol. The van der Waals surface area contributed by atoms with Crippen LogP contribution in [0, 0.1) is 0 Å². The molecule has 2 aromatic carbocycles. The topological polar surface area (TPSA) is 30.5 Å². The molecule has 0 saturated heterocycles. The van der Waals surface area contributed by atoms with Crippen LogP contribution in [0.4, 0.5) is 0 Å². The summed E-state index contributed by atoms with van der Waals surface area (Å²) in [5, 5.41) is 3.51. The molecule has 0 aliphatic heterocycles. The van der Waals surface area contributed by atoms with Gasteiger partial charge in [-0.05, 0) is 30.2 Å². The number of methoxy groups -OCH3 is 2. The van der Waals surface area contributed by atoms with Gasteiger partial charge in [-0.25, -0.2) is 0 Å². The number of hydrogen-bond donors (Lipinski definition) is 1. The maximum absolute atomic E-state index is 5.32. The Bertz CT molecular complexity index is 546. The number of halogens is 1. The molecule has 0 radical (unpaired) electrons. The first kappa shape index (κ1) is 17.3. The van der Waals surface area contributed by atoms with Crippen LogP contribution < -0.4 is 14.8 Å². The van der Waals surface area contributed by atoms with E-state index in [-0.39, 0.29) is 12.4 Å². The van der Waals surface area contributed by atoms with Crippen LogP contribution in [-0.4, -0.2) is 14.2 Å². The van der Waals surface area contributed by atoms with Gasteiger partial charge in [-0.15, -0.1) is 12.4 Å². The van der Waals surface area contributed by atoms with E-state index in [1.807, 2.05) is 24.3 Å². The molecule has 0 spiro atoms. The van der Waals surface area contributed by atoms with E-state index in [9.17, 15) is 0 Å². The van der Waals surface area contributed by atoms with Crippen molar-refractivity contribution in [2.75, 3.05) is 14.2 Å². The van der Waals surface area contributed by atoms with Gasteiger partial charge in [0.1, 0.15) is 0 Å². The molecule has 0 bridgehead atoms. The molecule has 0 unspecified atom stereocenters. The van der Waals surface area contributed by atoms with Gasteiger partial charge in [-0.2, -0.15) is 0 Å². The molecule has 3 nitrogen and oxygen atoms in total. The second-order valence-corrected chi connectivity index (χ2v) is 4.70. The number of ether oxygens (including phenoxy) is 2. The van der Waals surface area contributed by atoms with E-state index in [2.05, 4.69) is 36.5 Å². The lowest BCUT2D eigenvalue weighted by Gasteiger charge is -2.15. The van der Waals surface area contributed by atoms with Gasteiger partial charge < -0.3 is 14.8 Å². The van der Waals surface area contributed by atoms with Crippen LogP contribution >= 0.6 is 12.4 Å². The molecular weight excluding hydrogens is 286 g/mol. The Kier molecular flexibility index (Phi) is 7.06. The fourth-order valence-electron chi connectivity index (χ4n) is 2.12. The molecule has 0 amide bonds. The zero-order valence-corrected chi connectivity index (χ0v) is 13.4. The molecule has 0 heterocycles. The van der Waals surface area contributed by atoms with Crippen molar-refractivity contribution in [3.05, 3.63) is 59.7 Å². The first-order valence-electron chi connectivity index (χ1n) is 6.74. The maximum atomic E-state index is 5.32. The zero-order valence-electron chi connectivity index (χ0n) is 12.6. The van der Waals surface area contributed by atoms with Crippen molar-refractivity contribution in [2.45, 2.75) is 19.5 Å². The summed E-state index contributed by atoms with van der Waals surface area (Å²) in [7, 11) is 3.30. The van der Waals surface area contributed by atoms with Gasteiger partial charge in [0.25, 0.3) is 0 Å². The average Bonchev–Trinajstić information content (AvgIpc) is 2.53. The largest absolute Gasteiger partial charge is 0.493 e. The standard InChI is InChI=1S/C17H21NO2.ClH/c1-13(15-7-5-4-6-8-15)18-12-14-9-10-16(19-2)17(11-14)20-3;/h4-11,13,18H,12H2,1-3H3;1H/t13-;/m0./s1. The summed E-state index contributed by atoms with van der Waals surface area (Å²) in [4.78, 5) is 0. The first-order valence-corrected chi connectivity index (χ1v) is 6.74. The third-order valence-electron chi connectivity index (χ3n) is 3.36. The van der Waals surface area contributed by atoms with Crippen LogP contribution in [0.3, 0.4) is 0 Å². The first-order chi connectivity index (χ1) is 9.74. The van der Waals surface area contributed by atoms with Gasteiger partial charge in [-0.3, -0.25) is 0 Å². The smallest absolute Gasteiger partial charge is 0.161 e. The Morgan fingerprint density at radius 3 is 2.24 bits per heavy atom. The summed E-state index contributed by atoms with van der Waals surface area (Å²) in [6.45, 7) is 2.95. The van der Waals surface area contributed by atoms with E-state index in [0.717, 1.165) is 18.0 Å². The summed E-state index contributed by atoms with van der Waals surface area (Å²) in [6, 6.07) is 16.7. The highest BCUT2D eigenvalue weighted by molar-refractivity contribution is 5.85. The maximum Gasteiger partial charge on any atom is 0.161 e. The normalized spacial score (nSPS) is 11.4. The fraction of sp³-hybridized carbons (Fsp3) is 0.294. The highest BCUT2D eigenvalue weighted by Crippen LogP contribution is 2.27. The van der Waals surface area contributed by atoms with Gasteiger partial charge in [0, 0.05) is 12.6 Å². The lowest BCUT2D eigenvalue weighted by atomic mass is 10.1. The van der Waals surface area contributed by atoms with Gasteiger partial charge in [-0.1, -0.05) is 36.4 Å². The Morgan fingerprint density at radius 2 is 1.62 bits per heavy atom. The van der Waals surface area contributed by atoms with Crippen LogP contribution in [0.2, 0.25) is 0 Å². The minimum Gasteiger partial charge on any atom is -0.493 e. The molecule has 0 aliphatic rings. The van der Waals surface area contributed by atoms with Crippen LogP contribution in [0.15, 0.2) is 48.5 Å². The highest BCUT2D eigenvalue weighted by atomic mass is 35.5. The lowest BCUT2D eigenvalue weighted by molar-refractivity contribution is 0.354. The van der Waals surface area contributed by atoms with E-state index in [0.29, 0.717) is 6.04 Å². The van der Waals surface area contributed by atoms with Crippen LogP contribution in [0.5, 0.6) is 11.5 Å². The van der Waals surface area contributed by atoms with Crippen LogP contribution in [-0.2, 0) is 6.54 Å². The van der Waals surface area contributed by atoms with Crippen molar-refractivity contribution in [1.29, 1.82) is 0 Å². The molecule has 1 N–H and O–H groups in total. The lowest BCUT2D eigenvalue weighted by Crippen LogP contribution is -2.18. The monoisotopic (exact) mass is 307 g/mol. The Hall–Kier alpha value is -1.71. The second kappa shape index (κ2) is 8.55. The van der Waals surface area contributed by atoms with Crippen LogP contribution in [0.25, 0.3) is 0 Å². The van der Waals surface area contributed by atoms with Gasteiger partial charge in [0.15, 0.2) is 11.5 Å². The summed E-state index contributed by atoms with van der Waals surface area (Å²) in [5.74, 6) is 1.52. The zero-order chi connectivity index (χ0) is 14.4. The molecule has 0 saturated carbocycles. The average molecular weight is 308 g/mol. The summed E-state index contributed by atoms with van der Waals surface area (Å²) < 4.78 is 10.6. The quantitative estimate of drug-likeness (QED) is 0.875. The Labute approximate surface area is 132 Å². The number of nitrogens with one attached hydrogen (secondary N) is 1. The number of hydrogen-bond acceptors (Lipinski definition) is 3.